The first kappa shape index (κ1) is 16.2. The molecule has 2 aromatic rings. The van der Waals surface area contributed by atoms with Gasteiger partial charge in [0.1, 0.15) is 0 Å². The van der Waals surface area contributed by atoms with Crippen LogP contribution in [0.1, 0.15) is 30.2 Å². The van der Waals surface area contributed by atoms with Gasteiger partial charge >= 0.3 is 0 Å². The smallest absolute Gasteiger partial charge is 0.238 e. The van der Waals surface area contributed by atoms with Gasteiger partial charge in [-0.05, 0) is 49.4 Å². The van der Waals surface area contributed by atoms with Gasteiger partial charge in [0.25, 0.3) is 0 Å². The Morgan fingerprint density at radius 3 is 2.87 bits per heavy atom. The molecule has 1 fully saturated rings. The summed E-state index contributed by atoms with van der Waals surface area (Å²) in [7, 11) is 0. The van der Waals surface area contributed by atoms with Crippen molar-refractivity contribution < 1.29 is 9.90 Å². The van der Waals surface area contributed by atoms with Crippen LogP contribution in [0.4, 0.5) is 5.69 Å². The van der Waals surface area contributed by atoms with E-state index in [-0.39, 0.29) is 11.9 Å². The topological polar surface area (TPSA) is 52.6 Å². The molecule has 0 saturated carbocycles. The maximum absolute atomic E-state index is 12.2. The van der Waals surface area contributed by atoms with Gasteiger partial charge in [0, 0.05) is 16.6 Å². The van der Waals surface area contributed by atoms with Crippen molar-refractivity contribution in [1.29, 1.82) is 0 Å². The van der Waals surface area contributed by atoms with Crippen LogP contribution in [0.15, 0.2) is 47.8 Å². The minimum atomic E-state index is -0.433. The van der Waals surface area contributed by atoms with E-state index in [0.717, 1.165) is 30.0 Å². The van der Waals surface area contributed by atoms with Crippen molar-refractivity contribution in [1.82, 2.24) is 4.90 Å². The largest absolute Gasteiger partial charge is 0.388 e. The van der Waals surface area contributed by atoms with E-state index < -0.39 is 6.10 Å². The van der Waals surface area contributed by atoms with Crippen molar-refractivity contribution in [2.75, 3.05) is 18.4 Å². The molecule has 23 heavy (non-hydrogen) atoms. The molecule has 1 aromatic heterocycles. The van der Waals surface area contributed by atoms with Gasteiger partial charge in [-0.25, -0.2) is 0 Å². The number of carbonyl (C=O) groups excluding carboxylic acids is 1. The highest BCUT2D eigenvalue weighted by Gasteiger charge is 2.28. The lowest BCUT2D eigenvalue weighted by Crippen LogP contribution is -2.37. The Morgan fingerprint density at radius 2 is 2.13 bits per heavy atom. The van der Waals surface area contributed by atoms with E-state index in [1.165, 1.54) is 0 Å². The number of amides is 1. The molecular weight excluding hydrogens is 308 g/mol. The Balaban J connectivity index is 1.53. The molecule has 4 nitrogen and oxygen atoms in total. The Labute approximate surface area is 140 Å². The summed E-state index contributed by atoms with van der Waals surface area (Å²) in [5.74, 6) is 0.00807. The molecule has 5 heteroatoms. The Kier molecular flexibility index (Phi) is 5.43. The van der Waals surface area contributed by atoms with E-state index in [2.05, 4.69) is 10.2 Å². The molecular formula is C18H22N2O2S. The summed E-state index contributed by atoms with van der Waals surface area (Å²) >= 11 is 1.58. The molecule has 3 rings (SSSR count). The molecule has 0 spiro atoms. The van der Waals surface area contributed by atoms with Crippen molar-refractivity contribution in [2.45, 2.75) is 31.4 Å². The lowest BCUT2D eigenvalue weighted by molar-refractivity contribution is -0.117. The molecule has 122 valence electrons. The molecule has 1 aromatic carbocycles. The fraction of sp³-hybridized carbons (Fsp3) is 0.389. The summed E-state index contributed by atoms with van der Waals surface area (Å²) in [6.07, 6.45) is 2.39. The summed E-state index contributed by atoms with van der Waals surface area (Å²) in [6.45, 7) is 1.31. The molecule has 1 aliphatic rings. The molecule has 2 unspecified atom stereocenters. The van der Waals surface area contributed by atoms with Gasteiger partial charge in [-0.15, -0.1) is 11.3 Å². The van der Waals surface area contributed by atoms with E-state index >= 15 is 0 Å². The molecule has 0 bridgehead atoms. The zero-order valence-electron chi connectivity index (χ0n) is 13.0. The third-order valence-corrected chi connectivity index (χ3v) is 5.24. The number of thiophene rings is 1. The van der Waals surface area contributed by atoms with Crippen LogP contribution in [0.2, 0.25) is 0 Å². The number of rotatable bonds is 6. The van der Waals surface area contributed by atoms with Gasteiger partial charge in [-0.3, -0.25) is 9.69 Å². The van der Waals surface area contributed by atoms with Crippen molar-refractivity contribution in [2.24, 2.45) is 0 Å². The number of carbonyl (C=O) groups is 1. The van der Waals surface area contributed by atoms with Crippen molar-refractivity contribution in [3.05, 3.63) is 52.7 Å². The predicted molar refractivity (Wildman–Crippen MR) is 93.6 cm³/mol. The Morgan fingerprint density at radius 1 is 1.30 bits per heavy atom. The molecule has 2 heterocycles. The number of nitrogens with one attached hydrogen (secondary N) is 1. The molecule has 2 N–H and O–H groups in total. The molecule has 0 radical (unpaired) electrons. The Bertz CT molecular complexity index is 615. The number of aliphatic hydroxyl groups excluding tert-OH is 1. The summed E-state index contributed by atoms with van der Waals surface area (Å²) < 4.78 is 0. The second-order valence-corrected chi connectivity index (χ2v) is 6.93. The zero-order valence-corrected chi connectivity index (χ0v) is 13.8. The highest BCUT2D eigenvalue weighted by molar-refractivity contribution is 7.10. The molecule has 1 saturated heterocycles. The fourth-order valence-electron chi connectivity index (χ4n) is 3.13. The minimum absolute atomic E-state index is 0.00807. The van der Waals surface area contributed by atoms with Crippen LogP contribution in [0.25, 0.3) is 0 Å². The maximum Gasteiger partial charge on any atom is 0.238 e. The summed E-state index contributed by atoms with van der Waals surface area (Å²) in [5, 5.41) is 15.3. The number of benzene rings is 1. The highest BCUT2D eigenvalue weighted by atomic mass is 32.1. The lowest BCUT2D eigenvalue weighted by atomic mass is 10.1. The first-order valence-electron chi connectivity index (χ1n) is 8.03. The van der Waals surface area contributed by atoms with Crippen LogP contribution >= 0.6 is 11.3 Å². The molecule has 2 atom stereocenters. The van der Waals surface area contributed by atoms with Crippen LogP contribution in [-0.4, -0.2) is 35.0 Å². The first-order chi connectivity index (χ1) is 11.2. The summed E-state index contributed by atoms with van der Waals surface area (Å²) in [6, 6.07) is 13.7. The molecule has 1 aliphatic heterocycles. The third-order valence-electron chi connectivity index (χ3n) is 4.27. The normalized spacial score (nSPS) is 19.6. The number of hydrogen-bond donors (Lipinski definition) is 2. The van der Waals surface area contributed by atoms with E-state index in [4.69, 9.17) is 0 Å². The minimum Gasteiger partial charge on any atom is -0.388 e. The average molecular weight is 330 g/mol. The Hall–Kier alpha value is -1.69. The van der Waals surface area contributed by atoms with Crippen LogP contribution in [0.3, 0.4) is 0 Å². The number of nitrogens with zero attached hydrogens (tertiary/aromatic N) is 1. The van der Waals surface area contributed by atoms with Crippen molar-refractivity contribution >= 4 is 22.9 Å². The van der Waals surface area contributed by atoms with E-state index in [1.54, 1.807) is 11.3 Å². The number of hydrogen-bond acceptors (Lipinski definition) is 4. The molecule has 1 amide bonds. The zero-order chi connectivity index (χ0) is 16.1. The van der Waals surface area contributed by atoms with Crippen LogP contribution in [0.5, 0.6) is 0 Å². The van der Waals surface area contributed by atoms with Gasteiger partial charge in [-0.2, -0.15) is 0 Å². The molecule has 0 aliphatic carbocycles. The van der Waals surface area contributed by atoms with Gasteiger partial charge < -0.3 is 10.4 Å². The van der Waals surface area contributed by atoms with E-state index in [9.17, 15) is 9.90 Å². The highest BCUT2D eigenvalue weighted by Crippen LogP contribution is 2.29. The van der Waals surface area contributed by atoms with Crippen LogP contribution in [0, 0.1) is 0 Å². The quantitative estimate of drug-likeness (QED) is 0.855. The second kappa shape index (κ2) is 7.73. The number of para-hydroxylation sites is 1. The van der Waals surface area contributed by atoms with Gasteiger partial charge in [0.15, 0.2) is 0 Å². The van der Waals surface area contributed by atoms with Crippen LogP contribution < -0.4 is 5.32 Å². The van der Waals surface area contributed by atoms with E-state index in [0.29, 0.717) is 13.0 Å². The van der Waals surface area contributed by atoms with Crippen molar-refractivity contribution in [3.8, 4) is 0 Å². The third kappa shape index (κ3) is 4.41. The van der Waals surface area contributed by atoms with Crippen molar-refractivity contribution in [3.63, 3.8) is 0 Å². The average Bonchev–Trinajstić information content (AvgIpc) is 3.21. The summed E-state index contributed by atoms with van der Waals surface area (Å²) in [4.78, 5) is 15.4. The second-order valence-electron chi connectivity index (χ2n) is 5.95. The van der Waals surface area contributed by atoms with Gasteiger partial charge in [-0.1, -0.05) is 24.3 Å². The monoisotopic (exact) mass is 330 g/mol. The van der Waals surface area contributed by atoms with Gasteiger partial charge in [0.05, 0.1) is 12.6 Å². The number of anilines is 1. The maximum atomic E-state index is 12.2. The number of aliphatic hydroxyl groups is 1. The lowest BCUT2D eigenvalue weighted by Gasteiger charge is -2.25. The van der Waals surface area contributed by atoms with Crippen LogP contribution in [-0.2, 0) is 4.79 Å². The summed E-state index contributed by atoms with van der Waals surface area (Å²) in [5.41, 5.74) is 0.826. The SMILES string of the molecule is O=C(CN1CCCC1CC(O)c1cccs1)Nc1ccccc1. The van der Waals surface area contributed by atoms with E-state index in [1.807, 2.05) is 47.8 Å². The predicted octanol–water partition coefficient (Wildman–Crippen LogP) is 3.27. The number of likely N-dealkylation sites (tertiary alicyclic amines) is 1. The standard InChI is InChI=1S/C18H22N2O2S/c21-16(17-9-5-11-23-17)12-15-8-4-10-20(15)13-18(22)19-14-6-2-1-3-7-14/h1-3,5-7,9,11,15-16,21H,4,8,10,12-13H2,(H,19,22). The first-order valence-corrected chi connectivity index (χ1v) is 8.91. The fourth-order valence-corrected chi connectivity index (χ4v) is 3.86. The van der Waals surface area contributed by atoms with Gasteiger partial charge in [0.2, 0.25) is 5.91 Å².